The first-order valence-corrected chi connectivity index (χ1v) is 10.9. The highest BCUT2D eigenvalue weighted by Crippen LogP contribution is 2.46. The molecule has 1 heterocycles. The Bertz CT molecular complexity index is 1120. The average molecular weight is 418 g/mol. The fourth-order valence-electron chi connectivity index (χ4n) is 4.90. The number of carbonyl (C=O) groups excluding carboxylic acids is 1. The van der Waals surface area contributed by atoms with Crippen molar-refractivity contribution in [3.63, 3.8) is 0 Å². The Morgan fingerprint density at radius 3 is 2.23 bits per heavy atom. The maximum atomic E-state index is 12.1. The van der Waals surface area contributed by atoms with Crippen LogP contribution in [0, 0.1) is 6.92 Å². The molecule has 0 saturated heterocycles. The fourth-order valence-corrected chi connectivity index (χ4v) is 4.90. The third kappa shape index (κ3) is 3.56. The van der Waals surface area contributed by atoms with Gasteiger partial charge in [-0.15, -0.1) is 0 Å². The van der Waals surface area contributed by atoms with E-state index in [2.05, 4.69) is 56.8 Å². The van der Waals surface area contributed by atoms with Gasteiger partial charge in [0.1, 0.15) is 11.5 Å². The van der Waals surface area contributed by atoms with Gasteiger partial charge >= 0.3 is 0 Å². The molecule has 5 nitrogen and oxygen atoms in total. The Morgan fingerprint density at radius 2 is 1.71 bits per heavy atom. The number of fused-ring (bicyclic) bond motifs is 1. The maximum Gasteiger partial charge on any atom is 0.167 e. The molecule has 2 aliphatic carbocycles. The quantitative estimate of drug-likeness (QED) is 0.414. The molecule has 4 rings (SSSR count). The number of aliphatic hydroxyl groups is 1. The second-order valence-electron chi connectivity index (χ2n) is 10.1. The monoisotopic (exact) mass is 417 g/mol. The number of aromatic nitrogens is 1. The zero-order chi connectivity index (χ0) is 22.6. The van der Waals surface area contributed by atoms with E-state index in [1.165, 1.54) is 11.1 Å². The Balaban J connectivity index is 1.77. The first-order chi connectivity index (χ1) is 14.5. The van der Waals surface area contributed by atoms with Crippen LogP contribution in [0.2, 0.25) is 0 Å². The number of hydrazone groups is 1. The maximum absolute atomic E-state index is 12.1. The molecule has 1 aromatic carbocycles. The number of aryl methyl sites for hydroxylation is 1. The van der Waals surface area contributed by atoms with Crippen molar-refractivity contribution in [3.8, 4) is 0 Å². The van der Waals surface area contributed by atoms with Crippen LogP contribution in [0.3, 0.4) is 0 Å². The van der Waals surface area contributed by atoms with Crippen molar-refractivity contribution < 1.29 is 9.90 Å². The second kappa shape index (κ2) is 7.33. The smallest absolute Gasteiger partial charge is 0.167 e. The highest BCUT2D eigenvalue weighted by Gasteiger charge is 2.37. The molecule has 0 amide bonds. The van der Waals surface area contributed by atoms with Gasteiger partial charge in [0.25, 0.3) is 0 Å². The predicted octanol–water partition coefficient (Wildman–Crippen LogP) is 5.08. The van der Waals surface area contributed by atoms with E-state index in [9.17, 15) is 9.90 Å². The molecule has 3 N–H and O–H groups in total. The summed E-state index contributed by atoms with van der Waals surface area (Å²) in [5.41, 5.74) is 7.33. The number of nitrogens with zero attached hydrogens (tertiary/aromatic N) is 2. The van der Waals surface area contributed by atoms with Crippen LogP contribution in [0.25, 0.3) is 5.57 Å². The van der Waals surface area contributed by atoms with Gasteiger partial charge in [-0.2, -0.15) is 5.10 Å². The molecule has 2 aromatic rings. The average Bonchev–Trinajstić information content (AvgIpc) is 3.06. The van der Waals surface area contributed by atoms with E-state index in [-0.39, 0.29) is 22.4 Å². The minimum atomic E-state index is -0.0462. The number of rotatable bonds is 3. The molecule has 1 aromatic heterocycles. The lowest BCUT2D eigenvalue weighted by atomic mass is 9.62. The van der Waals surface area contributed by atoms with Gasteiger partial charge in [-0.3, -0.25) is 9.78 Å². The molecular weight excluding hydrogens is 386 g/mol. The number of ketones is 1. The normalized spacial score (nSPS) is 20.2. The number of carbonyl (C=O) groups is 1. The molecule has 0 fully saturated rings. The number of allylic oxidation sites excluding steroid dienone is 2. The van der Waals surface area contributed by atoms with Crippen LogP contribution in [0.4, 0.5) is 0 Å². The van der Waals surface area contributed by atoms with Crippen LogP contribution in [0.15, 0.2) is 41.3 Å². The summed E-state index contributed by atoms with van der Waals surface area (Å²) < 4.78 is 0. The van der Waals surface area contributed by atoms with Crippen molar-refractivity contribution in [1.82, 2.24) is 4.98 Å². The second-order valence-corrected chi connectivity index (χ2v) is 10.1. The number of pyridine rings is 1. The van der Waals surface area contributed by atoms with Crippen LogP contribution in [0.5, 0.6) is 0 Å². The third-order valence-electron chi connectivity index (χ3n) is 7.03. The summed E-state index contributed by atoms with van der Waals surface area (Å²) in [7, 11) is 0. The summed E-state index contributed by atoms with van der Waals surface area (Å²) >= 11 is 0. The van der Waals surface area contributed by atoms with Crippen LogP contribution in [-0.2, 0) is 15.6 Å². The number of nitrogens with two attached hydrogens (primary N) is 1. The lowest BCUT2D eigenvalue weighted by molar-refractivity contribution is -0.113. The number of Topliss-reactive ketones (excluding diaryl/α,β-unsaturated/α-hetero) is 1. The summed E-state index contributed by atoms with van der Waals surface area (Å²) in [6.45, 7) is 11.3. The summed E-state index contributed by atoms with van der Waals surface area (Å²) in [5, 5.41) is 14.1. The first-order valence-electron chi connectivity index (χ1n) is 10.9. The molecule has 0 radical (unpaired) electrons. The molecule has 2 aliphatic rings. The number of hydrogen-bond acceptors (Lipinski definition) is 5. The van der Waals surface area contributed by atoms with Gasteiger partial charge in [-0.05, 0) is 59.4 Å². The van der Waals surface area contributed by atoms with Crippen molar-refractivity contribution in [3.05, 3.63) is 69.7 Å². The minimum absolute atomic E-state index is 0.0462. The SMILES string of the molecule is Cc1cc2c(cc1/C(=N/N)c1ccc(C3=C(O)CCC3=O)cn1)C(C)(C)CCC2(C)C. The predicted molar refractivity (Wildman–Crippen MR) is 124 cm³/mol. The topological polar surface area (TPSA) is 88.6 Å². The Morgan fingerprint density at radius 1 is 1.06 bits per heavy atom. The van der Waals surface area contributed by atoms with Gasteiger partial charge in [-0.25, -0.2) is 0 Å². The molecule has 0 atom stereocenters. The van der Waals surface area contributed by atoms with Gasteiger partial charge < -0.3 is 10.9 Å². The lowest BCUT2D eigenvalue weighted by Crippen LogP contribution is -2.34. The zero-order valence-corrected chi connectivity index (χ0v) is 19.0. The minimum Gasteiger partial charge on any atom is -0.512 e. The summed E-state index contributed by atoms with van der Waals surface area (Å²) in [6, 6.07) is 8.15. The van der Waals surface area contributed by atoms with Gasteiger partial charge in [-0.1, -0.05) is 39.8 Å². The lowest BCUT2D eigenvalue weighted by Gasteiger charge is -2.42. The van der Waals surface area contributed by atoms with E-state index in [0.29, 0.717) is 35.4 Å². The highest BCUT2D eigenvalue weighted by atomic mass is 16.3. The standard InChI is InChI=1S/C26H31N3O2/c1-15-12-18-19(26(4,5)11-10-25(18,2)3)13-17(15)24(29-27)20-7-6-16(14-28-20)23-21(30)8-9-22(23)31/h6-7,12-14,30H,8-11,27H2,1-5H3/b29-24-. The Kier molecular flexibility index (Phi) is 5.03. The van der Waals surface area contributed by atoms with Crippen LogP contribution >= 0.6 is 0 Å². The van der Waals surface area contributed by atoms with Crippen LogP contribution in [0.1, 0.15) is 86.9 Å². The number of aliphatic hydroxyl groups excluding tert-OH is 1. The Hall–Kier alpha value is -2.95. The van der Waals surface area contributed by atoms with Crippen molar-refractivity contribution in [1.29, 1.82) is 0 Å². The molecule has 0 aliphatic heterocycles. The van der Waals surface area contributed by atoms with E-state index < -0.39 is 0 Å². The van der Waals surface area contributed by atoms with E-state index in [4.69, 9.17) is 5.84 Å². The van der Waals surface area contributed by atoms with E-state index in [0.717, 1.165) is 24.0 Å². The molecule has 0 unspecified atom stereocenters. The third-order valence-corrected chi connectivity index (χ3v) is 7.03. The van der Waals surface area contributed by atoms with Crippen molar-refractivity contribution >= 4 is 17.1 Å². The van der Waals surface area contributed by atoms with Gasteiger partial charge in [0.2, 0.25) is 0 Å². The van der Waals surface area contributed by atoms with E-state index in [1.54, 1.807) is 6.20 Å². The molecule has 162 valence electrons. The van der Waals surface area contributed by atoms with Crippen LogP contribution in [-0.4, -0.2) is 21.6 Å². The summed E-state index contributed by atoms with van der Waals surface area (Å²) in [4.78, 5) is 16.6. The van der Waals surface area contributed by atoms with Crippen molar-refractivity contribution in [2.75, 3.05) is 0 Å². The van der Waals surface area contributed by atoms with E-state index in [1.807, 2.05) is 12.1 Å². The number of benzene rings is 1. The van der Waals surface area contributed by atoms with Crippen LogP contribution < -0.4 is 5.84 Å². The van der Waals surface area contributed by atoms with Gasteiger partial charge in [0.05, 0.1) is 11.3 Å². The molecule has 5 heteroatoms. The Labute approximate surface area is 184 Å². The van der Waals surface area contributed by atoms with E-state index >= 15 is 0 Å². The largest absolute Gasteiger partial charge is 0.512 e. The van der Waals surface area contributed by atoms with Crippen molar-refractivity contribution in [2.24, 2.45) is 10.9 Å². The van der Waals surface area contributed by atoms with Gasteiger partial charge in [0.15, 0.2) is 5.78 Å². The summed E-state index contributed by atoms with van der Waals surface area (Å²) in [5.74, 6) is 5.95. The molecule has 0 spiro atoms. The summed E-state index contributed by atoms with van der Waals surface area (Å²) in [6.07, 6.45) is 4.65. The molecule has 31 heavy (non-hydrogen) atoms. The zero-order valence-electron chi connectivity index (χ0n) is 19.0. The van der Waals surface area contributed by atoms with Gasteiger partial charge in [0, 0.05) is 30.2 Å². The molecular formula is C26H31N3O2. The highest BCUT2D eigenvalue weighted by molar-refractivity contribution is 6.23. The molecule has 0 saturated carbocycles. The fraction of sp³-hybridized carbons (Fsp3) is 0.423. The molecule has 0 bridgehead atoms. The van der Waals surface area contributed by atoms with Crippen molar-refractivity contribution in [2.45, 2.75) is 71.1 Å². The number of hydrogen-bond donors (Lipinski definition) is 2. The first kappa shape index (κ1) is 21.3.